The number of fused-ring (bicyclic) bond motifs is 3. The first-order valence-electron chi connectivity index (χ1n) is 23.9. The van der Waals surface area contributed by atoms with Gasteiger partial charge in [0.05, 0.1) is 43.5 Å². The average molecular weight is 976 g/mol. The van der Waals surface area contributed by atoms with E-state index in [1.54, 1.807) is 13.2 Å². The number of nitrogens with zero attached hydrogens (tertiary/aromatic N) is 3. The zero-order chi connectivity index (χ0) is 50.1. The zero-order valence-corrected chi connectivity index (χ0v) is 41.8. The van der Waals surface area contributed by atoms with Gasteiger partial charge in [-0.05, 0) is 92.3 Å². The van der Waals surface area contributed by atoms with Crippen LogP contribution in [0.5, 0.6) is 5.75 Å². The van der Waals surface area contributed by atoms with Crippen LogP contribution in [0, 0.1) is 0 Å². The number of allylic oxidation sites excluding steroid dienone is 10. The van der Waals surface area contributed by atoms with E-state index in [9.17, 15) is 27.4 Å². The largest absolute Gasteiger partial charge is 0.481 e. The highest BCUT2D eigenvalue weighted by molar-refractivity contribution is 7.85. The van der Waals surface area contributed by atoms with Crippen molar-refractivity contribution in [3.8, 4) is 5.75 Å². The van der Waals surface area contributed by atoms with Crippen molar-refractivity contribution in [2.45, 2.75) is 95.1 Å². The Balaban J connectivity index is 1.07. The Labute approximate surface area is 412 Å². The Hall–Kier alpha value is -6.10. The first-order chi connectivity index (χ1) is 33.5. The molecule has 4 aliphatic heterocycles. The highest BCUT2D eigenvalue weighted by Crippen LogP contribution is 2.49. The second-order valence-electron chi connectivity index (χ2n) is 18.8. The number of amides is 2. The first kappa shape index (κ1) is 51.7. The number of hydrogen-bond acceptors (Lipinski definition) is 12. The zero-order valence-electron chi connectivity index (χ0n) is 41.0. The van der Waals surface area contributed by atoms with Crippen molar-refractivity contribution < 1.29 is 51.1 Å². The van der Waals surface area contributed by atoms with Crippen molar-refractivity contribution in [2.24, 2.45) is 0 Å². The van der Waals surface area contributed by atoms with Gasteiger partial charge in [0.25, 0.3) is 21.9 Å². The maximum absolute atomic E-state index is 12.4. The molecular formula is C55H65N3O11S. The lowest BCUT2D eigenvalue weighted by atomic mass is 9.83. The standard InChI is InChI=1S/C55H65N3O11S/c1-39-38-54(2,3)57(28-29-66-32-33-67-31-30-65-6)47-37-49-44(36-43(39)47)41(34-48(68-49)40-18-13-10-14-19-40)20-12-8-7-9-15-21-50-55(4,5)45-35-42(70(62,63)64)23-24-46(45)56(50)27-17-11-16-22-53(61)69-58-51(59)25-26-52(58)60/h7-10,12-15,18-21,23-24,34-38,48H,11,16-17,22,25-33H2,1-6H3,(H,62,63,64)/b8-7+,15-9+,20-12+,50-21-. The molecule has 4 heterocycles. The molecule has 1 saturated heterocycles. The third kappa shape index (κ3) is 12.2. The van der Waals surface area contributed by atoms with Crippen molar-refractivity contribution >= 4 is 50.4 Å². The molecule has 1 atom stereocenters. The van der Waals surface area contributed by atoms with Gasteiger partial charge in [-0.15, -0.1) is 5.06 Å². The van der Waals surface area contributed by atoms with E-state index in [-0.39, 0.29) is 35.8 Å². The molecular weight excluding hydrogens is 911 g/mol. The maximum atomic E-state index is 12.4. The molecule has 4 aliphatic rings. The average Bonchev–Trinajstić information content (AvgIpc) is 3.74. The predicted octanol–water partition coefficient (Wildman–Crippen LogP) is 9.65. The Morgan fingerprint density at radius 2 is 1.51 bits per heavy atom. The molecule has 1 N–H and O–H groups in total. The number of methoxy groups -OCH3 is 1. The predicted molar refractivity (Wildman–Crippen MR) is 271 cm³/mol. The van der Waals surface area contributed by atoms with Gasteiger partial charge in [-0.3, -0.25) is 14.1 Å². The molecule has 0 aliphatic carbocycles. The monoisotopic (exact) mass is 975 g/mol. The number of unbranched alkanes of at least 4 members (excludes halogenated alkanes) is 2. The number of benzene rings is 3. The third-order valence-electron chi connectivity index (χ3n) is 13.0. The lowest BCUT2D eigenvalue weighted by molar-refractivity contribution is -0.197. The van der Waals surface area contributed by atoms with E-state index < -0.39 is 33.3 Å². The summed E-state index contributed by atoms with van der Waals surface area (Å²) in [7, 11) is -2.78. The van der Waals surface area contributed by atoms with E-state index >= 15 is 0 Å². The van der Waals surface area contributed by atoms with Crippen LogP contribution in [-0.2, 0) is 49.0 Å². The number of ether oxygens (including phenoxy) is 4. The molecule has 2 amide bonds. The van der Waals surface area contributed by atoms with E-state index in [0.29, 0.717) is 70.4 Å². The summed E-state index contributed by atoms with van der Waals surface area (Å²) in [5.74, 6) is -0.858. The minimum atomic E-state index is -4.43. The van der Waals surface area contributed by atoms with Crippen molar-refractivity contribution in [2.75, 3.05) is 63.0 Å². The molecule has 7 rings (SSSR count). The highest BCUT2D eigenvalue weighted by Gasteiger charge is 2.41. The fourth-order valence-corrected chi connectivity index (χ4v) is 9.91. The summed E-state index contributed by atoms with van der Waals surface area (Å²) in [4.78, 5) is 45.5. The topological polar surface area (TPSA) is 161 Å². The van der Waals surface area contributed by atoms with Crippen LogP contribution in [-0.4, -0.2) is 94.6 Å². The molecule has 70 heavy (non-hydrogen) atoms. The SMILES string of the molecule is COCCOCCOCCN1c2cc3c(cc2C(C)=CC1(C)C)C(/C=C/C=C/C=C/C=C1\N(CCCCCC(=O)ON2C(=O)CCC2=O)c2ccc(S(=O)(=O)O)cc2C1(C)C)=CC(c1ccccc1)O3. The molecule has 3 aromatic carbocycles. The van der Waals surface area contributed by atoms with E-state index in [1.807, 2.05) is 68.5 Å². The fraction of sp³-hybridized carbons (Fsp3) is 0.400. The number of imide groups is 1. The van der Waals surface area contributed by atoms with Crippen LogP contribution in [0.2, 0.25) is 0 Å². The summed E-state index contributed by atoms with van der Waals surface area (Å²) >= 11 is 0. The molecule has 372 valence electrons. The van der Waals surface area contributed by atoms with E-state index in [4.69, 9.17) is 23.8 Å². The Kier molecular flexibility index (Phi) is 16.8. The smallest absolute Gasteiger partial charge is 0.333 e. The fourth-order valence-electron chi connectivity index (χ4n) is 9.41. The van der Waals surface area contributed by atoms with Gasteiger partial charge in [0.1, 0.15) is 11.9 Å². The number of anilines is 2. The molecule has 0 radical (unpaired) electrons. The molecule has 3 aromatic rings. The molecule has 0 saturated carbocycles. The van der Waals surface area contributed by atoms with Gasteiger partial charge in [0, 0.05) is 79.1 Å². The number of carbonyl (C=O) groups excluding carboxylic acids is 3. The minimum absolute atomic E-state index is 0.0363. The van der Waals surface area contributed by atoms with Crippen LogP contribution in [0.4, 0.5) is 11.4 Å². The van der Waals surface area contributed by atoms with Crippen molar-refractivity contribution in [1.29, 1.82) is 0 Å². The number of hydrogen-bond donors (Lipinski definition) is 1. The molecule has 15 heteroatoms. The van der Waals surface area contributed by atoms with Gasteiger partial charge >= 0.3 is 5.97 Å². The van der Waals surface area contributed by atoms with Gasteiger partial charge in [-0.2, -0.15) is 8.42 Å². The van der Waals surface area contributed by atoms with E-state index in [2.05, 4.69) is 73.1 Å². The number of rotatable bonds is 22. The normalized spacial score (nSPS) is 19.0. The van der Waals surface area contributed by atoms with Gasteiger partial charge in [0.2, 0.25) is 0 Å². The second-order valence-corrected chi connectivity index (χ2v) is 20.2. The number of carbonyl (C=O) groups is 3. The molecule has 1 unspecified atom stereocenters. The lowest BCUT2D eigenvalue weighted by Crippen LogP contribution is -2.47. The molecule has 0 bridgehead atoms. The van der Waals surface area contributed by atoms with Crippen LogP contribution in [0.15, 0.2) is 126 Å². The second kappa shape index (κ2) is 22.8. The van der Waals surface area contributed by atoms with Crippen molar-refractivity contribution in [3.05, 3.63) is 143 Å². The summed E-state index contributed by atoms with van der Waals surface area (Å²) in [5, 5.41) is 0.564. The summed E-state index contributed by atoms with van der Waals surface area (Å²) in [6.45, 7) is 14.5. The number of hydroxylamine groups is 2. The molecule has 1 fully saturated rings. The quantitative estimate of drug-likeness (QED) is 0.0439. The Bertz CT molecular complexity index is 2700. The third-order valence-corrected chi connectivity index (χ3v) is 13.8. The molecule has 0 aromatic heterocycles. The summed E-state index contributed by atoms with van der Waals surface area (Å²) in [6, 6.07) is 19.2. The van der Waals surface area contributed by atoms with Gasteiger partial charge in [-0.25, -0.2) is 4.79 Å². The molecule has 0 spiro atoms. The van der Waals surface area contributed by atoms with Crippen LogP contribution in [0.25, 0.3) is 11.1 Å². The molecule has 14 nitrogen and oxygen atoms in total. The minimum Gasteiger partial charge on any atom is -0.481 e. The van der Waals surface area contributed by atoms with E-state index in [1.165, 1.54) is 17.7 Å². The lowest BCUT2D eigenvalue weighted by Gasteiger charge is -2.44. The first-order valence-corrected chi connectivity index (χ1v) is 25.4. The summed E-state index contributed by atoms with van der Waals surface area (Å²) < 4.78 is 57.7. The van der Waals surface area contributed by atoms with Crippen LogP contribution < -0.4 is 14.5 Å². The summed E-state index contributed by atoms with van der Waals surface area (Å²) in [5.41, 5.74) is 8.17. The van der Waals surface area contributed by atoms with Crippen LogP contribution in [0.3, 0.4) is 0 Å². The maximum Gasteiger partial charge on any atom is 0.333 e. The Morgan fingerprint density at radius 1 is 0.814 bits per heavy atom. The van der Waals surface area contributed by atoms with Crippen molar-refractivity contribution in [1.82, 2.24) is 5.06 Å². The summed E-state index contributed by atoms with van der Waals surface area (Å²) in [6.07, 6.45) is 20.1. The van der Waals surface area contributed by atoms with E-state index in [0.717, 1.165) is 50.6 Å². The van der Waals surface area contributed by atoms with Crippen LogP contribution >= 0.6 is 0 Å². The van der Waals surface area contributed by atoms with Crippen molar-refractivity contribution in [3.63, 3.8) is 0 Å². The Morgan fingerprint density at radius 3 is 2.24 bits per heavy atom. The van der Waals surface area contributed by atoms with Gasteiger partial charge < -0.3 is 33.6 Å². The van der Waals surface area contributed by atoms with Crippen LogP contribution in [0.1, 0.15) is 102 Å². The van der Waals surface area contributed by atoms with Gasteiger partial charge in [-0.1, -0.05) is 93.1 Å². The highest BCUT2D eigenvalue weighted by atomic mass is 32.2. The van der Waals surface area contributed by atoms with Gasteiger partial charge in [0.15, 0.2) is 0 Å².